The summed E-state index contributed by atoms with van der Waals surface area (Å²) in [4.78, 5) is 2.28. The predicted molar refractivity (Wildman–Crippen MR) is 122 cm³/mol. The van der Waals surface area contributed by atoms with Gasteiger partial charge in [0.15, 0.2) is 0 Å². The van der Waals surface area contributed by atoms with E-state index >= 15 is 0 Å². The number of nitrogens with zero attached hydrogens (tertiary/aromatic N) is 1. The van der Waals surface area contributed by atoms with Gasteiger partial charge in [-0.25, -0.2) is 0 Å². The fourth-order valence-corrected chi connectivity index (χ4v) is 3.76. The van der Waals surface area contributed by atoms with Crippen molar-refractivity contribution in [2.24, 2.45) is 0 Å². The van der Waals surface area contributed by atoms with Gasteiger partial charge in [0.25, 0.3) is 0 Å². The average molecular weight is 416 g/mol. The minimum absolute atomic E-state index is 0.263. The molecule has 0 aliphatic rings. The highest BCUT2D eigenvalue weighted by molar-refractivity contribution is 5.57. The Balaban J connectivity index is 2.17. The minimum atomic E-state index is 0.263. The smallest absolute Gasteiger partial charge is 0.127 e. The number of hydrogen-bond acceptors (Lipinski definition) is 5. The number of methoxy groups -OCH3 is 1. The number of hydrogen-bond donors (Lipinski definition) is 2. The Kier molecular flexibility index (Phi) is 8.02. The molecule has 5 heteroatoms. The molecule has 166 valence electrons. The highest BCUT2D eigenvalue weighted by Crippen LogP contribution is 2.37. The van der Waals surface area contributed by atoms with Gasteiger partial charge >= 0.3 is 0 Å². The quantitative estimate of drug-likeness (QED) is 0.577. The van der Waals surface area contributed by atoms with Gasteiger partial charge in [0.1, 0.15) is 29.6 Å². The molecule has 0 aliphatic heterocycles. The molecule has 0 radical (unpaired) electrons. The van der Waals surface area contributed by atoms with E-state index in [1.54, 1.807) is 13.2 Å². The summed E-state index contributed by atoms with van der Waals surface area (Å²) >= 11 is 0. The van der Waals surface area contributed by atoms with Crippen LogP contribution in [-0.4, -0.2) is 41.9 Å². The molecule has 0 atom stereocenters. The predicted octanol–water partition coefficient (Wildman–Crippen LogP) is 5.36. The highest BCUT2D eigenvalue weighted by Gasteiger charge is 2.20. The second kappa shape index (κ2) is 10.1. The molecule has 2 N–H and O–H groups in total. The van der Waals surface area contributed by atoms with Crippen LogP contribution < -0.4 is 9.47 Å². The van der Waals surface area contributed by atoms with Crippen molar-refractivity contribution < 1.29 is 19.7 Å². The average Bonchev–Trinajstić information content (AvgIpc) is 2.71. The molecular weight excluding hydrogens is 378 g/mol. The lowest BCUT2D eigenvalue weighted by Crippen LogP contribution is -2.28. The third-order valence-corrected chi connectivity index (χ3v) is 5.99. The summed E-state index contributed by atoms with van der Waals surface area (Å²) in [6.45, 7) is 16.8. The third-order valence-electron chi connectivity index (χ3n) is 5.99. The molecule has 0 saturated carbocycles. The van der Waals surface area contributed by atoms with Crippen molar-refractivity contribution >= 4 is 0 Å². The normalized spacial score (nSPS) is 11.4. The van der Waals surface area contributed by atoms with Crippen LogP contribution in [0.25, 0.3) is 0 Å². The van der Waals surface area contributed by atoms with E-state index < -0.39 is 0 Å². The molecule has 0 aliphatic carbocycles. The van der Waals surface area contributed by atoms with Crippen LogP contribution in [0.5, 0.6) is 23.0 Å². The van der Waals surface area contributed by atoms with Gasteiger partial charge in [-0.2, -0.15) is 0 Å². The molecule has 0 aromatic heterocycles. The van der Waals surface area contributed by atoms with Crippen molar-refractivity contribution in [3.05, 3.63) is 45.5 Å². The maximum absolute atomic E-state index is 10.5. The lowest BCUT2D eigenvalue weighted by atomic mass is 9.97. The zero-order valence-electron chi connectivity index (χ0n) is 19.7. The minimum Gasteiger partial charge on any atom is -0.508 e. The molecule has 0 spiro atoms. The van der Waals surface area contributed by atoms with Gasteiger partial charge in [0, 0.05) is 24.2 Å². The lowest BCUT2D eigenvalue weighted by molar-refractivity contribution is 0.206. The van der Waals surface area contributed by atoms with Gasteiger partial charge in [-0.1, -0.05) is 20.8 Å². The van der Waals surface area contributed by atoms with Crippen LogP contribution in [0, 0.1) is 27.7 Å². The van der Waals surface area contributed by atoms with E-state index in [4.69, 9.17) is 9.47 Å². The molecule has 0 unspecified atom stereocenters. The first-order chi connectivity index (χ1) is 14.1. The first-order valence-corrected chi connectivity index (χ1v) is 10.7. The fraction of sp³-hybridized carbons (Fsp3) is 0.520. The molecule has 30 heavy (non-hydrogen) atoms. The van der Waals surface area contributed by atoms with Gasteiger partial charge in [0.2, 0.25) is 0 Å². The van der Waals surface area contributed by atoms with Crippen LogP contribution in [0.4, 0.5) is 0 Å². The van der Waals surface area contributed by atoms with Crippen LogP contribution in [0.2, 0.25) is 0 Å². The Morgan fingerprint density at radius 1 is 1.00 bits per heavy atom. The summed E-state index contributed by atoms with van der Waals surface area (Å²) in [5.41, 5.74) is 5.55. The van der Waals surface area contributed by atoms with Crippen molar-refractivity contribution in [2.75, 3.05) is 26.8 Å². The topological polar surface area (TPSA) is 62.2 Å². The van der Waals surface area contributed by atoms with Crippen molar-refractivity contribution in [1.29, 1.82) is 0 Å². The maximum Gasteiger partial charge on any atom is 0.127 e. The number of phenols is 2. The summed E-state index contributed by atoms with van der Waals surface area (Å²) in [6.07, 6.45) is 0. The molecule has 5 nitrogen and oxygen atoms in total. The van der Waals surface area contributed by atoms with Crippen LogP contribution in [-0.2, 0) is 6.54 Å². The second-order valence-corrected chi connectivity index (χ2v) is 8.28. The van der Waals surface area contributed by atoms with Gasteiger partial charge in [-0.15, -0.1) is 0 Å². The molecule has 2 aromatic carbocycles. The Morgan fingerprint density at radius 3 is 2.23 bits per heavy atom. The third kappa shape index (κ3) is 5.01. The van der Waals surface area contributed by atoms with E-state index in [1.165, 1.54) is 0 Å². The molecule has 0 heterocycles. The van der Waals surface area contributed by atoms with E-state index in [2.05, 4.69) is 25.7 Å². The summed E-state index contributed by atoms with van der Waals surface area (Å²) in [5.74, 6) is 2.58. The molecule has 0 fully saturated rings. The first kappa shape index (κ1) is 23.9. The number of likely N-dealkylation sites (N-methyl/N-ethyl adjacent to an activating group) is 1. The molecule has 0 saturated heterocycles. The summed E-state index contributed by atoms with van der Waals surface area (Å²) in [6, 6.07) is 3.72. The standard InChI is InChI=1S/C25H37NO4/c1-9-26(14-21-19(7)24(28)17(5)18(6)25(21)29-8)10-11-30-23-12-16(4)22(27)13-20(23)15(2)3/h12-13,15,27-28H,9-11,14H2,1-8H3. The summed E-state index contributed by atoms with van der Waals surface area (Å²) < 4.78 is 11.8. The van der Waals surface area contributed by atoms with Crippen molar-refractivity contribution in [2.45, 2.75) is 60.9 Å². The zero-order chi connectivity index (χ0) is 22.6. The molecule has 2 rings (SSSR count). The lowest BCUT2D eigenvalue weighted by Gasteiger charge is -2.25. The molecule has 0 bridgehead atoms. The fourth-order valence-electron chi connectivity index (χ4n) is 3.76. The van der Waals surface area contributed by atoms with Gasteiger partial charge < -0.3 is 19.7 Å². The Bertz CT molecular complexity index is 890. The van der Waals surface area contributed by atoms with Crippen molar-refractivity contribution in [3.8, 4) is 23.0 Å². The largest absolute Gasteiger partial charge is 0.508 e. The van der Waals surface area contributed by atoms with Crippen LogP contribution in [0.15, 0.2) is 12.1 Å². The monoisotopic (exact) mass is 415 g/mol. The number of ether oxygens (including phenoxy) is 2. The van der Waals surface area contributed by atoms with Gasteiger partial charge in [0.05, 0.1) is 7.11 Å². The Hall–Kier alpha value is -2.40. The van der Waals surface area contributed by atoms with Crippen molar-refractivity contribution in [3.63, 3.8) is 0 Å². The number of phenolic OH excluding ortho intramolecular Hbond substituents is 2. The number of rotatable bonds is 9. The number of benzene rings is 2. The second-order valence-electron chi connectivity index (χ2n) is 8.28. The van der Waals surface area contributed by atoms with Crippen LogP contribution >= 0.6 is 0 Å². The Labute approximate surface area is 181 Å². The summed E-state index contributed by atoms with van der Waals surface area (Å²) in [5, 5.41) is 20.5. The van der Waals surface area contributed by atoms with Crippen molar-refractivity contribution in [1.82, 2.24) is 4.90 Å². The van der Waals surface area contributed by atoms with Gasteiger partial charge in [-0.05, 0) is 74.5 Å². The van der Waals surface area contributed by atoms with E-state index in [0.717, 1.165) is 58.0 Å². The van der Waals surface area contributed by atoms with E-state index in [1.807, 2.05) is 33.8 Å². The molecule has 2 aromatic rings. The molecule has 0 amide bonds. The van der Waals surface area contributed by atoms with Crippen LogP contribution in [0.3, 0.4) is 0 Å². The van der Waals surface area contributed by atoms with E-state index in [9.17, 15) is 10.2 Å². The highest BCUT2D eigenvalue weighted by atomic mass is 16.5. The van der Waals surface area contributed by atoms with E-state index in [-0.39, 0.29) is 5.92 Å². The SMILES string of the molecule is CCN(CCOc1cc(C)c(O)cc1C(C)C)Cc1c(C)c(O)c(C)c(C)c1OC. The number of aromatic hydroxyl groups is 2. The zero-order valence-corrected chi connectivity index (χ0v) is 19.7. The number of aryl methyl sites for hydroxylation is 1. The summed E-state index contributed by atoms with van der Waals surface area (Å²) in [7, 11) is 1.68. The maximum atomic E-state index is 10.5. The Morgan fingerprint density at radius 2 is 1.67 bits per heavy atom. The first-order valence-electron chi connectivity index (χ1n) is 10.7. The molecular formula is C25H37NO4. The van der Waals surface area contributed by atoms with E-state index in [0.29, 0.717) is 24.7 Å². The van der Waals surface area contributed by atoms with Gasteiger partial charge in [-0.3, -0.25) is 4.90 Å². The van der Waals surface area contributed by atoms with Crippen LogP contribution in [0.1, 0.15) is 60.1 Å².